The van der Waals surface area contributed by atoms with E-state index in [1.165, 1.54) is 11.6 Å². The van der Waals surface area contributed by atoms with Gasteiger partial charge in [0.1, 0.15) is 5.82 Å². The Kier molecular flexibility index (Phi) is 4.23. The van der Waals surface area contributed by atoms with Crippen molar-refractivity contribution in [3.63, 3.8) is 0 Å². The van der Waals surface area contributed by atoms with Crippen molar-refractivity contribution < 1.29 is 13.2 Å². The van der Waals surface area contributed by atoms with Crippen molar-refractivity contribution in [2.45, 2.75) is 25.2 Å². The van der Waals surface area contributed by atoms with Crippen molar-refractivity contribution >= 4 is 11.5 Å². The third-order valence-electron chi connectivity index (χ3n) is 4.39. The summed E-state index contributed by atoms with van der Waals surface area (Å²) in [6.07, 6.45) is -3.69. The first kappa shape index (κ1) is 16.8. The van der Waals surface area contributed by atoms with Crippen molar-refractivity contribution in [3.05, 3.63) is 53.9 Å². The number of fused-ring (bicyclic) bond motifs is 1. The summed E-state index contributed by atoms with van der Waals surface area (Å²) < 4.78 is 39.6. The molecule has 1 atom stereocenters. The van der Waals surface area contributed by atoms with Crippen LogP contribution in [-0.2, 0) is 12.7 Å². The van der Waals surface area contributed by atoms with Crippen molar-refractivity contribution in [2.75, 3.05) is 18.4 Å². The number of hydrogen-bond acceptors (Lipinski definition) is 5. The minimum atomic E-state index is -4.59. The fraction of sp³-hybridized carbons (Fsp3) is 0.353. The molecule has 1 aliphatic rings. The highest BCUT2D eigenvalue weighted by Gasteiger charge is 2.37. The van der Waals surface area contributed by atoms with Crippen LogP contribution in [0.25, 0.3) is 5.65 Å². The molecule has 1 saturated heterocycles. The Morgan fingerprint density at radius 3 is 2.65 bits per heavy atom. The highest BCUT2D eigenvalue weighted by molar-refractivity contribution is 5.44. The number of nitrogens with zero attached hydrogens (tertiary/aromatic N) is 5. The van der Waals surface area contributed by atoms with Crippen LogP contribution >= 0.6 is 0 Å². The molecule has 6 nitrogen and oxygen atoms in total. The summed E-state index contributed by atoms with van der Waals surface area (Å²) in [4.78, 5) is 2.31. The topological polar surface area (TPSA) is 58.4 Å². The smallest absolute Gasteiger partial charge is 0.365 e. The molecule has 136 valence electrons. The fourth-order valence-corrected chi connectivity index (χ4v) is 3.19. The lowest BCUT2D eigenvalue weighted by atomic mass is 10.2. The van der Waals surface area contributed by atoms with Crippen molar-refractivity contribution in [1.82, 2.24) is 24.7 Å². The van der Waals surface area contributed by atoms with E-state index in [4.69, 9.17) is 0 Å². The van der Waals surface area contributed by atoms with Gasteiger partial charge in [-0.2, -0.15) is 17.7 Å². The zero-order chi connectivity index (χ0) is 18.1. The second-order valence-corrected chi connectivity index (χ2v) is 6.36. The molecule has 2 aromatic heterocycles. The number of rotatable bonds is 4. The van der Waals surface area contributed by atoms with E-state index >= 15 is 0 Å². The van der Waals surface area contributed by atoms with Crippen LogP contribution in [0.15, 0.2) is 42.5 Å². The van der Waals surface area contributed by atoms with Gasteiger partial charge in [0.25, 0.3) is 5.82 Å². The first-order valence-corrected chi connectivity index (χ1v) is 8.31. The van der Waals surface area contributed by atoms with Gasteiger partial charge in [-0.1, -0.05) is 30.3 Å². The normalized spacial score (nSPS) is 18.5. The molecule has 4 rings (SSSR count). The van der Waals surface area contributed by atoms with E-state index in [9.17, 15) is 13.2 Å². The van der Waals surface area contributed by atoms with Crippen LogP contribution in [0.3, 0.4) is 0 Å². The van der Waals surface area contributed by atoms with Gasteiger partial charge in [0.2, 0.25) is 0 Å². The zero-order valence-electron chi connectivity index (χ0n) is 13.8. The molecule has 0 bridgehead atoms. The number of aromatic nitrogens is 4. The van der Waals surface area contributed by atoms with E-state index in [0.717, 1.165) is 30.6 Å². The van der Waals surface area contributed by atoms with Gasteiger partial charge in [0.15, 0.2) is 5.65 Å². The molecule has 26 heavy (non-hydrogen) atoms. The third kappa shape index (κ3) is 3.48. The molecular weight excluding hydrogens is 345 g/mol. The predicted octanol–water partition coefficient (Wildman–Crippen LogP) is 2.83. The highest BCUT2D eigenvalue weighted by atomic mass is 19.4. The van der Waals surface area contributed by atoms with E-state index in [2.05, 4.69) is 37.6 Å². The Morgan fingerprint density at radius 1 is 1.08 bits per heavy atom. The summed E-state index contributed by atoms with van der Waals surface area (Å²) in [5.41, 5.74) is 1.31. The van der Waals surface area contributed by atoms with Gasteiger partial charge in [-0.05, 0) is 24.1 Å². The number of likely N-dealkylation sites (tertiary alicyclic amines) is 1. The summed E-state index contributed by atoms with van der Waals surface area (Å²) >= 11 is 0. The molecule has 9 heteroatoms. The molecule has 1 N–H and O–H groups in total. The van der Waals surface area contributed by atoms with Crippen LogP contribution in [0.2, 0.25) is 0 Å². The summed E-state index contributed by atoms with van der Waals surface area (Å²) in [5.74, 6) is -0.734. The quantitative estimate of drug-likeness (QED) is 0.773. The van der Waals surface area contributed by atoms with E-state index in [-0.39, 0.29) is 11.7 Å². The standard InChI is InChI=1S/C17H17F3N6/c18-17(19,20)16-23-22-15-7-6-14(24-26(15)16)21-13-8-9-25(11-13)10-12-4-2-1-3-5-12/h1-7,13H,8-11H2,(H,21,24). The fourth-order valence-electron chi connectivity index (χ4n) is 3.19. The van der Waals surface area contributed by atoms with Crippen LogP contribution in [0.1, 0.15) is 17.8 Å². The number of alkyl halides is 3. The molecule has 0 amide bonds. The Balaban J connectivity index is 1.44. The minimum Gasteiger partial charge on any atom is -0.365 e. The molecule has 0 spiro atoms. The van der Waals surface area contributed by atoms with Gasteiger partial charge in [0, 0.05) is 25.7 Å². The summed E-state index contributed by atoms with van der Waals surface area (Å²) in [5, 5.41) is 13.9. The molecule has 1 aromatic carbocycles. The van der Waals surface area contributed by atoms with Crippen LogP contribution in [0.5, 0.6) is 0 Å². The Hall–Kier alpha value is -2.68. The van der Waals surface area contributed by atoms with Gasteiger partial charge in [-0.25, -0.2) is 0 Å². The van der Waals surface area contributed by atoms with E-state index in [0.29, 0.717) is 5.82 Å². The first-order valence-electron chi connectivity index (χ1n) is 8.31. The molecule has 1 fully saturated rings. The van der Waals surface area contributed by atoms with E-state index < -0.39 is 12.0 Å². The lowest BCUT2D eigenvalue weighted by Gasteiger charge is -2.17. The average Bonchev–Trinajstić information content (AvgIpc) is 3.22. The highest BCUT2D eigenvalue weighted by Crippen LogP contribution is 2.27. The van der Waals surface area contributed by atoms with Gasteiger partial charge in [-0.15, -0.1) is 15.3 Å². The summed E-state index contributed by atoms with van der Waals surface area (Å²) in [6, 6.07) is 13.4. The average molecular weight is 362 g/mol. The molecule has 1 aliphatic heterocycles. The summed E-state index contributed by atoms with van der Waals surface area (Å²) in [7, 11) is 0. The van der Waals surface area contributed by atoms with E-state index in [1.807, 2.05) is 18.2 Å². The van der Waals surface area contributed by atoms with Gasteiger partial charge in [0.05, 0.1) is 0 Å². The SMILES string of the molecule is FC(F)(F)c1nnc2ccc(NC3CCN(Cc4ccccc4)C3)nn12. The van der Waals surface area contributed by atoms with E-state index in [1.54, 1.807) is 6.07 Å². The Bertz CT molecular complexity index is 892. The van der Waals surface area contributed by atoms with Gasteiger partial charge >= 0.3 is 6.18 Å². The molecular formula is C17H17F3N6. The second kappa shape index (κ2) is 6.56. The van der Waals surface area contributed by atoms with Crippen molar-refractivity contribution in [1.29, 1.82) is 0 Å². The number of nitrogens with one attached hydrogen (secondary N) is 1. The maximum absolute atomic E-state index is 13.0. The number of anilines is 1. The Labute approximate surface area is 147 Å². The molecule has 0 saturated carbocycles. The number of hydrogen-bond donors (Lipinski definition) is 1. The largest absolute Gasteiger partial charge is 0.453 e. The van der Waals surface area contributed by atoms with Crippen LogP contribution in [-0.4, -0.2) is 43.8 Å². The molecule has 1 unspecified atom stereocenters. The monoisotopic (exact) mass is 362 g/mol. The van der Waals surface area contributed by atoms with Crippen molar-refractivity contribution in [2.24, 2.45) is 0 Å². The maximum Gasteiger partial charge on any atom is 0.453 e. The van der Waals surface area contributed by atoms with Crippen LogP contribution in [0.4, 0.5) is 19.0 Å². The predicted molar refractivity (Wildman–Crippen MR) is 89.5 cm³/mol. The molecule has 3 aromatic rings. The second-order valence-electron chi connectivity index (χ2n) is 6.36. The number of benzene rings is 1. The third-order valence-corrected chi connectivity index (χ3v) is 4.39. The molecule has 0 radical (unpaired) electrons. The maximum atomic E-state index is 13.0. The Morgan fingerprint density at radius 2 is 1.88 bits per heavy atom. The lowest BCUT2D eigenvalue weighted by Crippen LogP contribution is -2.26. The first-order chi connectivity index (χ1) is 12.5. The van der Waals surface area contributed by atoms with Crippen molar-refractivity contribution in [3.8, 4) is 0 Å². The molecule has 3 heterocycles. The van der Waals surface area contributed by atoms with Crippen LogP contribution in [0, 0.1) is 0 Å². The zero-order valence-corrected chi connectivity index (χ0v) is 13.8. The molecule has 0 aliphatic carbocycles. The van der Waals surface area contributed by atoms with Gasteiger partial charge in [-0.3, -0.25) is 4.90 Å². The van der Waals surface area contributed by atoms with Crippen LogP contribution < -0.4 is 5.32 Å². The minimum absolute atomic E-state index is 0.0694. The van der Waals surface area contributed by atoms with Gasteiger partial charge < -0.3 is 5.32 Å². The number of halogens is 3. The lowest BCUT2D eigenvalue weighted by molar-refractivity contribution is -0.146. The summed E-state index contributed by atoms with van der Waals surface area (Å²) in [6.45, 7) is 2.59.